The Balaban J connectivity index is 0.000000256. The van der Waals surface area contributed by atoms with Crippen LogP contribution >= 0.6 is 23.2 Å². The Morgan fingerprint density at radius 3 is 1.55 bits per heavy atom. The standard InChI is InChI=1S/C21H27ClO2.C20H25ClO2/c1-15(5-6-16-7-12-19(23)20(13-16)24-4)14-21(2,3)17-8-10-18(22)11-9-17;1-14(12-15(2)17-7-9-18(21)10-8-17)4-5-16-6-11-19(22)20(13-16)23-3/h7-13,15,23H,5-6,14H2,1-4H3;6-11,13-15,22H,4-5,12H2,1-3H3. The Labute approximate surface area is 292 Å². The van der Waals surface area contributed by atoms with Crippen molar-refractivity contribution in [3.8, 4) is 23.0 Å². The zero-order chi connectivity index (χ0) is 34.6. The highest BCUT2D eigenvalue weighted by Crippen LogP contribution is 2.34. The lowest BCUT2D eigenvalue weighted by Crippen LogP contribution is -2.21. The number of hydrogen-bond donors (Lipinski definition) is 2. The summed E-state index contributed by atoms with van der Waals surface area (Å²) in [6.07, 6.45) is 6.46. The molecule has 0 bridgehead atoms. The second kappa shape index (κ2) is 18.3. The number of aryl methyl sites for hydroxylation is 2. The molecule has 0 aliphatic carbocycles. The van der Waals surface area contributed by atoms with Crippen LogP contribution in [0.3, 0.4) is 0 Å². The number of halogens is 2. The Kier molecular flexibility index (Phi) is 14.8. The van der Waals surface area contributed by atoms with E-state index in [0.717, 1.165) is 48.6 Å². The summed E-state index contributed by atoms with van der Waals surface area (Å²) in [5.41, 5.74) is 5.18. The van der Waals surface area contributed by atoms with Gasteiger partial charge in [-0.3, -0.25) is 0 Å². The number of benzene rings is 4. The van der Waals surface area contributed by atoms with Gasteiger partial charge in [0.15, 0.2) is 23.0 Å². The topological polar surface area (TPSA) is 58.9 Å². The minimum Gasteiger partial charge on any atom is -0.504 e. The van der Waals surface area contributed by atoms with Crippen LogP contribution in [0.15, 0.2) is 84.9 Å². The first kappa shape index (κ1) is 38.1. The molecule has 6 heteroatoms. The van der Waals surface area contributed by atoms with Gasteiger partial charge in [-0.2, -0.15) is 0 Å². The molecule has 4 aromatic rings. The van der Waals surface area contributed by atoms with Crippen LogP contribution in [0, 0.1) is 11.8 Å². The van der Waals surface area contributed by atoms with E-state index in [-0.39, 0.29) is 16.9 Å². The highest BCUT2D eigenvalue weighted by atomic mass is 35.5. The second-order valence-electron chi connectivity index (χ2n) is 13.6. The quantitative estimate of drug-likeness (QED) is 0.139. The number of phenolic OH excluding ortho intramolecular Hbond substituents is 2. The van der Waals surface area contributed by atoms with Crippen molar-refractivity contribution in [2.45, 2.75) is 84.5 Å². The van der Waals surface area contributed by atoms with Gasteiger partial charge in [0, 0.05) is 10.0 Å². The summed E-state index contributed by atoms with van der Waals surface area (Å²) in [6.45, 7) is 11.4. The fourth-order valence-electron chi connectivity index (χ4n) is 6.22. The van der Waals surface area contributed by atoms with Crippen LogP contribution in [-0.2, 0) is 18.3 Å². The van der Waals surface area contributed by atoms with Crippen LogP contribution in [0.5, 0.6) is 23.0 Å². The average Bonchev–Trinajstić information content (AvgIpc) is 3.04. The summed E-state index contributed by atoms with van der Waals surface area (Å²) in [6, 6.07) is 27.5. The lowest BCUT2D eigenvalue weighted by Gasteiger charge is -2.29. The van der Waals surface area contributed by atoms with Crippen molar-refractivity contribution >= 4 is 23.2 Å². The molecular formula is C41H52Cl2O4. The van der Waals surface area contributed by atoms with Crippen molar-refractivity contribution in [3.05, 3.63) is 117 Å². The second-order valence-corrected chi connectivity index (χ2v) is 14.5. The molecule has 0 saturated heterocycles. The van der Waals surface area contributed by atoms with Crippen LogP contribution in [0.4, 0.5) is 0 Å². The third kappa shape index (κ3) is 12.3. The first-order valence-electron chi connectivity index (χ1n) is 16.5. The van der Waals surface area contributed by atoms with Crippen LogP contribution < -0.4 is 9.47 Å². The molecular weight excluding hydrogens is 627 g/mol. The number of phenols is 2. The third-order valence-electron chi connectivity index (χ3n) is 9.02. The van der Waals surface area contributed by atoms with Gasteiger partial charge in [-0.1, -0.05) is 94.2 Å². The molecule has 0 saturated carbocycles. The summed E-state index contributed by atoms with van der Waals surface area (Å²) in [5, 5.41) is 20.9. The zero-order valence-electron chi connectivity index (χ0n) is 29.0. The normalized spacial score (nSPS) is 13.2. The predicted octanol–water partition coefficient (Wildman–Crippen LogP) is 11.8. The highest BCUT2D eigenvalue weighted by Gasteiger charge is 2.23. The van der Waals surface area contributed by atoms with E-state index in [4.69, 9.17) is 32.7 Å². The van der Waals surface area contributed by atoms with E-state index in [1.807, 2.05) is 48.5 Å². The molecule has 0 heterocycles. The molecule has 0 fully saturated rings. The molecule has 0 aliphatic heterocycles. The van der Waals surface area contributed by atoms with Gasteiger partial charge in [-0.05, 0) is 132 Å². The lowest BCUT2D eigenvalue weighted by atomic mass is 9.76. The minimum atomic E-state index is 0.122. The van der Waals surface area contributed by atoms with Gasteiger partial charge >= 0.3 is 0 Å². The van der Waals surface area contributed by atoms with E-state index in [2.05, 4.69) is 58.9 Å². The maximum absolute atomic E-state index is 9.68. The Morgan fingerprint density at radius 2 is 1.09 bits per heavy atom. The smallest absolute Gasteiger partial charge is 0.160 e. The van der Waals surface area contributed by atoms with Crippen molar-refractivity contribution < 1.29 is 19.7 Å². The molecule has 3 unspecified atom stereocenters. The van der Waals surface area contributed by atoms with Crippen molar-refractivity contribution in [2.75, 3.05) is 14.2 Å². The first-order chi connectivity index (χ1) is 22.3. The SMILES string of the molecule is COc1cc(CCC(C)CC(C)(C)c2ccc(Cl)cc2)ccc1O.COc1cc(CCC(C)CC(C)c2ccc(Cl)cc2)ccc1O. The number of hydrogen-bond acceptors (Lipinski definition) is 4. The van der Waals surface area contributed by atoms with Crippen molar-refractivity contribution in [1.82, 2.24) is 0 Å². The monoisotopic (exact) mass is 678 g/mol. The van der Waals surface area contributed by atoms with E-state index in [1.165, 1.54) is 22.3 Å². The molecule has 2 N–H and O–H groups in total. The molecule has 3 atom stereocenters. The summed E-state index contributed by atoms with van der Waals surface area (Å²) in [4.78, 5) is 0. The minimum absolute atomic E-state index is 0.122. The van der Waals surface area contributed by atoms with E-state index in [1.54, 1.807) is 26.4 Å². The number of methoxy groups -OCH3 is 2. The van der Waals surface area contributed by atoms with Crippen molar-refractivity contribution in [2.24, 2.45) is 11.8 Å². The van der Waals surface area contributed by atoms with Gasteiger partial charge in [0.05, 0.1) is 14.2 Å². The van der Waals surface area contributed by atoms with Crippen molar-refractivity contribution in [3.63, 3.8) is 0 Å². The van der Waals surface area contributed by atoms with Crippen LogP contribution in [0.2, 0.25) is 10.0 Å². The van der Waals surface area contributed by atoms with Crippen LogP contribution in [-0.4, -0.2) is 24.4 Å². The average molecular weight is 680 g/mol. The largest absolute Gasteiger partial charge is 0.504 e. The van der Waals surface area contributed by atoms with E-state index in [9.17, 15) is 10.2 Å². The lowest BCUT2D eigenvalue weighted by molar-refractivity contribution is 0.361. The maximum atomic E-state index is 9.68. The fraction of sp³-hybridized carbons (Fsp3) is 0.415. The predicted molar refractivity (Wildman–Crippen MR) is 198 cm³/mol. The molecule has 0 radical (unpaired) electrons. The Morgan fingerprint density at radius 1 is 0.638 bits per heavy atom. The van der Waals surface area contributed by atoms with Crippen LogP contribution in [0.1, 0.15) is 88.5 Å². The molecule has 4 aromatic carbocycles. The first-order valence-corrected chi connectivity index (χ1v) is 17.3. The van der Waals surface area contributed by atoms with E-state index in [0.29, 0.717) is 29.3 Å². The zero-order valence-corrected chi connectivity index (χ0v) is 30.5. The Hall–Kier alpha value is -3.34. The van der Waals surface area contributed by atoms with Gasteiger partial charge in [0.1, 0.15) is 0 Å². The molecule has 0 aliphatic rings. The summed E-state index contributed by atoms with van der Waals surface area (Å²) < 4.78 is 10.3. The summed E-state index contributed by atoms with van der Waals surface area (Å²) in [5.74, 6) is 3.22. The number of aromatic hydroxyl groups is 2. The number of rotatable bonds is 14. The van der Waals surface area contributed by atoms with Gasteiger partial charge in [0.25, 0.3) is 0 Å². The van der Waals surface area contributed by atoms with Crippen LogP contribution in [0.25, 0.3) is 0 Å². The van der Waals surface area contributed by atoms with E-state index < -0.39 is 0 Å². The number of ether oxygens (including phenoxy) is 2. The van der Waals surface area contributed by atoms with Crippen molar-refractivity contribution in [1.29, 1.82) is 0 Å². The molecule has 4 rings (SSSR count). The molecule has 4 nitrogen and oxygen atoms in total. The van der Waals surface area contributed by atoms with Gasteiger partial charge in [-0.15, -0.1) is 0 Å². The fourth-order valence-corrected chi connectivity index (χ4v) is 6.47. The molecule has 0 spiro atoms. The highest BCUT2D eigenvalue weighted by molar-refractivity contribution is 6.30. The Bertz CT molecular complexity index is 1520. The molecule has 0 amide bonds. The van der Waals surface area contributed by atoms with E-state index >= 15 is 0 Å². The van der Waals surface area contributed by atoms with Gasteiger partial charge < -0.3 is 19.7 Å². The summed E-state index contributed by atoms with van der Waals surface area (Å²) in [7, 11) is 3.16. The maximum Gasteiger partial charge on any atom is 0.160 e. The summed E-state index contributed by atoms with van der Waals surface area (Å²) >= 11 is 11.9. The molecule has 254 valence electrons. The van der Waals surface area contributed by atoms with Gasteiger partial charge in [-0.25, -0.2) is 0 Å². The third-order valence-corrected chi connectivity index (χ3v) is 9.52. The molecule has 0 aromatic heterocycles. The molecule has 47 heavy (non-hydrogen) atoms. The van der Waals surface area contributed by atoms with Gasteiger partial charge in [0.2, 0.25) is 0 Å².